The molecule has 1 heterocycles. The summed E-state index contributed by atoms with van der Waals surface area (Å²) in [7, 11) is 0. The topological polar surface area (TPSA) is 78.4 Å². The van der Waals surface area contributed by atoms with Crippen molar-refractivity contribution in [2.24, 2.45) is 11.8 Å². The van der Waals surface area contributed by atoms with E-state index >= 15 is 0 Å². The summed E-state index contributed by atoms with van der Waals surface area (Å²) < 4.78 is 0. The highest BCUT2D eigenvalue weighted by Crippen LogP contribution is 2.31. The number of carbonyl (C=O) groups excluding carboxylic acids is 1. The molecule has 20 heavy (non-hydrogen) atoms. The van der Waals surface area contributed by atoms with Crippen molar-refractivity contribution in [1.82, 2.24) is 10.6 Å². The van der Waals surface area contributed by atoms with E-state index < -0.39 is 5.97 Å². The van der Waals surface area contributed by atoms with Crippen LogP contribution in [0.5, 0.6) is 0 Å². The van der Waals surface area contributed by atoms with Crippen LogP contribution in [0.2, 0.25) is 0 Å². The predicted molar refractivity (Wildman–Crippen MR) is 77.8 cm³/mol. The fourth-order valence-corrected chi connectivity index (χ4v) is 3.49. The van der Waals surface area contributed by atoms with E-state index in [1.807, 2.05) is 17.7 Å². The molecule has 1 aromatic rings. The average Bonchev–Trinajstić information content (AvgIpc) is 3.02. The van der Waals surface area contributed by atoms with Gasteiger partial charge in [-0.1, -0.05) is 6.42 Å². The molecule has 0 aromatic carbocycles. The number of carboxylic acid groups (broad SMARTS) is 1. The number of aliphatic carboxylic acids is 1. The van der Waals surface area contributed by atoms with Crippen molar-refractivity contribution >= 4 is 23.3 Å². The van der Waals surface area contributed by atoms with E-state index in [2.05, 4.69) is 10.6 Å². The Bertz CT molecular complexity index is 487. The number of amides is 2. The van der Waals surface area contributed by atoms with Gasteiger partial charge in [0.2, 0.25) is 0 Å². The zero-order valence-corrected chi connectivity index (χ0v) is 12.3. The molecule has 0 aliphatic heterocycles. The third-order valence-corrected chi connectivity index (χ3v) is 4.81. The fourth-order valence-electron chi connectivity index (χ4n) is 2.64. The lowest BCUT2D eigenvalue weighted by Crippen LogP contribution is -2.39. The van der Waals surface area contributed by atoms with E-state index in [1.165, 1.54) is 5.56 Å². The molecule has 1 aliphatic carbocycles. The predicted octanol–water partition coefficient (Wildman–Crippen LogP) is 2.36. The van der Waals surface area contributed by atoms with Crippen molar-refractivity contribution < 1.29 is 14.7 Å². The highest BCUT2D eigenvalue weighted by molar-refractivity contribution is 7.08. The molecule has 1 fully saturated rings. The van der Waals surface area contributed by atoms with Gasteiger partial charge < -0.3 is 15.7 Å². The Hall–Kier alpha value is -1.56. The Balaban J connectivity index is 1.72. The van der Waals surface area contributed by atoms with Crippen molar-refractivity contribution in [2.75, 3.05) is 6.54 Å². The van der Waals surface area contributed by atoms with Crippen LogP contribution in [0.4, 0.5) is 4.79 Å². The van der Waals surface area contributed by atoms with Crippen LogP contribution in [0.25, 0.3) is 0 Å². The first-order valence-corrected chi connectivity index (χ1v) is 7.78. The van der Waals surface area contributed by atoms with Gasteiger partial charge in [-0.05, 0) is 47.6 Å². The molecule has 0 bridgehead atoms. The number of carboxylic acids is 1. The number of thiophene rings is 1. The SMILES string of the molecule is Cc1cscc1CNC(=O)NCC1CCCC1C(=O)O. The lowest BCUT2D eigenvalue weighted by Gasteiger charge is -2.16. The molecule has 1 aromatic heterocycles. The standard InChI is InChI=1S/C14H20N2O3S/c1-9-7-20-8-11(9)6-16-14(19)15-5-10-3-2-4-12(10)13(17)18/h7-8,10,12H,2-6H2,1H3,(H,17,18)(H2,15,16,19). The van der Waals surface area contributed by atoms with Gasteiger partial charge in [0, 0.05) is 13.1 Å². The van der Waals surface area contributed by atoms with E-state index in [-0.39, 0.29) is 17.9 Å². The number of aryl methyl sites for hydroxylation is 1. The molecular formula is C14H20N2O3S. The number of carbonyl (C=O) groups is 2. The monoisotopic (exact) mass is 296 g/mol. The Labute approximate surface area is 122 Å². The number of urea groups is 1. The van der Waals surface area contributed by atoms with Gasteiger partial charge in [0.1, 0.15) is 0 Å². The molecular weight excluding hydrogens is 276 g/mol. The second-order valence-electron chi connectivity index (χ2n) is 5.28. The lowest BCUT2D eigenvalue weighted by molar-refractivity contribution is -0.142. The van der Waals surface area contributed by atoms with Crippen molar-refractivity contribution in [3.05, 3.63) is 21.9 Å². The fraction of sp³-hybridized carbons (Fsp3) is 0.571. The minimum absolute atomic E-state index is 0.0566. The molecule has 3 N–H and O–H groups in total. The summed E-state index contributed by atoms with van der Waals surface area (Å²) in [5, 5.41) is 18.7. The van der Waals surface area contributed by atoms with Crippen LogP contribution in [0, 0.1) is 18.8 Å². The summed E-state index contributed by atoms with van der Waals surface area (Å²) in [6, 6.07) is -0.230. The van der Waals surface area contributed by atoms with E-state index in [1.54, 1.807) is 11.3 Å². The van der Waals surface area contributed by atoms with Crippen LogP contribution < -0.4 is 10.6 Å². The summed E-state index contributed by atoms with van der Waals surface area (Å²) in [6.07, 6.45) is 2.53. The zero-order chi connectivity index (χ0) is 14.5. The summed E-state index contributed by atoms with van der Waals surface area (Å²) in [4.78, 5) is 22.8. The van der Waals surface area contributed by atoms with Crippen LogP contribution in [-0.4, -0.2) is 23.7 Å². The molecule has 6 heteroatoms. The van der Waals surface area contributed by atoms with Crippen LogP contribution in [0.3, 0.4) is 0 Å². The molecule has 2 atom stereocenters. The van der Waals surface area contributed by atoms with E-state index in [4.69, 9.17) is 5.11 Å². The highest BCUT2D eigenvalue weighted by atomic mass is 32.1. The van der Waals surface area contributed by atoms with Gasteiger partial charge in [-0.15, -0.1) is 0 Å². The summed E-state index contributed by atoms with van der Waals surface area (Å²) >= 11 is 1.62. The third kappa shape index (κ3) is 3.72. The molecule has 0 radical (unpaired) electrons. The summed E-state index contributed by atoms with van der Waals surface area (Å²) in [6.45, 7) is 2.96. The number of hydrogen-bond donors (Lipinski definition) is 3. The number of rotatable bonds is 5. The average molecular weight is 296 g/mol. The van der Waals surface area contributed by atoms with Crippen molar-refractivity contribution in [3.8, 4) is 0 Å². The second-order valence-corrected chi connectivity index (χ2v) is 6.02. The van der Waals surface area contributed by atoms with E-state index in [0.29, 0.717) is 13.1 Å². The first kappa shape index (κ1) is 14.8. The maximum atomic E-state index is 11.7. The zero-order valence-electron chi connectivity index (χ0n) is 11.5. The van der Waals surface area contributed by atoms with E-state index in [0.717, 1.165) is 24.8 Å². The van der Waals surface area contributed by atoms with E-state index in [9.17, 15) is 9.59 Å². The number of hydrogen-bond acceptors (Lipinski definition) is 3. The minimum Gasteiger partial charge on any atom is -0.481 e. The Morgan fingerprint density at radius 1 is 1.35 bits per heavy atom. The maximum absolute atomic E-state index is 11.7. The van der Waals surface area contributed by atoms with Crippen LogP contribution >= 0.6 is 11.3 Å². The van der Waals surface area contributed by atoms with Gasteiger partial charge >= 0.3 is 12.0 Å². The maximum Gasteiger partial charge on any atom is 0.315 e. The summed E-state index contributed by atoms with van der Waals surface area (Å²) in [5.41, 5.74) is 2.30. The molecule has 0 spiro atoms. The van der Waals surface area contributed by atoms with Gasteiger partial charge in [-0.2, -0.15) is 11.3 Å². The third-order valence-electron chi connectivity index (χ3n) is 3.90. The molecule has 0 saturated heterocycles. The number of nitrogens with one attached hydrogen (secondary N) is 2. The summed E-state index contributed by atoms with van der Waals surface area (Å²) in [5.74, 6) is -1.00. The quantitative estimate of drug-likeness (QED) is 0.780. The molecule has 2 unspecified atom stereocenters. The Morgan fingerprint density at radius 3 is 2.80 bits per heavy atom. The largest absolute Gasteiger partial charge is 0.481 e. The van der Waals surface area contributed by atoms with Crippen LogP contribution in [0.1, 0.15) is 30.4 Å². The van der Waals surface area contributed by atoms with Gasteiger partial charge in [-0.3, -0.25) is 4.79 Å². The molecule has 1 aliphatic rings. The minimum atomic E-state index is -0.747. The molecule has 2 rings (SSSR count). The Kier molecular flexibility index (Phi) is 5.00. The van der Waals surface area contributed by atoms with Crippen LogP contribution in [-0.2, 0) is 11.3 Å². The normalized spacial score (nSPS) is 21.6. The van der Waals surface area contributed by atoms with Gasteiger partial charge in [0.05, 0.1) is 5.92 Å². The van der Waals surface area contributed by atoms with Gasteiger partial charge in [-0.25, -0.2) is 4.79 Å². The smallest absolute Gasteiger partial charge is 0.315 e. The Morgan fingerprint density at radius 2 is 2.15 bits per heavy atom. The van der Waals surface area contributed by atoms with Crippen molar-refractivity contribution in [1.29, 1.82) is 0 Å². The molecule has 1 saturated carbocycles. The van der Waals surface area contributed by atoms with Crippen LogP contribution in [0.15, 0.2) is 10.8 Å². The van der Waals surface area contributed by atoms with Gasteiger partial charge in [0.25, 0.3) is 0 Å². The lowest BCUT2D eigenvalue weighted by atomic mass is 9.96. The van der Waals surface area contributed by atoms with Crippen molar-refractivity contribution in [3.63, 3.8) is 0 Å². The second kappa shape index (κ2) is 6.74. The molecule has 5 nitrogen and oxygen atoms in total. The van der Waals surface area contributed by atoms with Gasteiger partial charge in [0.15, 0.2) is 0 Å². The highest BCUT2D eigenvalue weighted by Gasteiger charge is 2.32. The molecule has 2 amide bonds. The first-order valence-electron chi connectivity index (χ1n) is 6.84. The van der Waals surface area contributed by atoms with Crippen molar-refractivity contribution in [2.45, 2.75) is 32.7 Å². The first-order chi connectivity index (χ1) is 9.58. The molecule has 110 valence electrons.